The summed E-state index contributed by atoms with van der Waals surface area (Å²) in [4.78, 5) is 36.9. The average molecular weight is 291 g/mol. The molecule has 1 N–H and O–H groups in total. The van der Waals surface area contributed by atoms with Crippen molar-refractivity contribution in [1.29, 1.82) is 0 Å². The highest BCUT2D eigenvalue weighted by atomic mass is 16.5. The summed E-state index contributed by atoms with van der Waals surface area (Å²) >= 11 is 0. The smallest absolute Gasteiger partial charge is 0.339 e. The molecule has 0 radical (unpaired) electrons. The number of ketones is 1. The topological polar surface area (TPSA) is 83.9 Å². The Hall–Kier alpha value is -2.21. The molecule has 6 heteroatoms. The van der Waals surface area contributed by atoms with Gasteiger partial charge in [-0.1, -0.05) is 6.07 Å². The Morgan fingerprint density at radius 1 is 1.33 bits per heavy atom. The number of Topliss-reactive ketones (excluding diaryl/α,β-unsaturated/α-hetero) is 1. The molecule has 1 atom stereocenters. The zero-order valence-corrected chi connectivity index (χ0v) is 12.4. The quantitative estimate of drug-likeness (QED) is 0.656. The van der Waals surface area contributed by atoms with E-state index in [1.54, 1.807) is 19.1 Å². The number of anilines is 1. The second-order valence-electron chi connectivity index (χ2n) is 5.39. The molecule has 0 saturated carbocycles. The predicted octanol–water partition coefficient (Wildman–Crippen LogP) is 0.757. The maximum atomic E-state index is 12.1. The molecule has 1 aliphatic heterocycles. The third-order valence-corrected chi connectivity index (χ3v) is 3.75. The van der Waals surface area contributed by atoms with Gasteiger partial charge in [0.05, 0.1) is 24.9 Å². The number of aryl methyl sites for hydroxylation is 1. The number of nitrogens with zero attached hydrogens (tertiary/aromatic N) is 1. The van der Waals surface area contributed by atoms with E-state index in [2.05, 4.69) is 4.74 Å². The summed E-state index contributed by atoms with van der Waals surface area (Å²) in [5, 5.41) is 10.2. The first-order valence-corrected chi connectivity index (χ1v) is 6.48. The van der Waals surface area contributed by atoms with Crippen LogP contribution in [0.1, 0.15) is 28.4 Å². The van der Waals surface area contributed by atoms with Crippen molar-refractivity contribution in [2.24, 2.45) is 0 Å². The van der Waals surface area contributed by atoms with Gasteiger partial charge in [0.25, 0.3) is 11.7 Å². The second kappa shape index (κ2) is 4.96. The van der Waals surface area contributed by atoms with Crippen molar-refractivity contribution < 1.29 is 24.2 Å². The van der Waals surface area contributed by atoms with E-state index in [4.69, 9.17) is 0 Å². The van der Waals surface area contributed by atoms with Crippen LogP contribution in [0.2, 0.25) is 0 Å². The van der Waals surface area contributed by atoms with Crippen molar-refractivity contribution in [3.63, 3.8) is 0 Å². The number of methoxy groups -OCH3 is 1. The number of esters is 1. The number of fused-ring (bicyclic) bond motifs is 1. The fraction of sp³-hybridized carbons (Fsp3) is 0.400. The van der Waals surface area contributed by atoms with Crippen molar-refractivity contribution in [2.75, 3.05) is 18.6 Å². The van der Waals surface area contributed by atoms with Crippen LogP contribution >= 0.6 is 0 Å². The number of β-amino-alcohol motifs (C(OH)–C–C–N with tert-alkyl or cyclic N) is 1. The molecule has 1 aliphatic rings. The van der Waals surface area contributed by atoms with E-state index in [0.717, 1.165) is 23.1 Å². The van der Waals surface area contributed by atoms with Crippen molar-refractivity contribution in [3.8, 4) is 0 Å². The first-order chi connectivity index (χ1) is 9.70. The SMILES string of the molecule is COC(=O)C(C)(O)CN1C(=O)C(=O)c2ccc(C)c(C)c21. The highest BCUT2D eigenvalue weighted by molar-refractivity contribution is 6.52. The lowest BCUT2D eigenvalue weighted by Crippen LogP contribution is -2.49. The Kier molecular flexibility index (Phi) is 3.59. The second-order valence-corrected chi connectivity index (χ2v) is 5.39. The molecule has 0 saturated heterocycles. The molecule has 21 heavy (non-hydrogen) atoms. The van der Waals surface area contributed by atoms with E-state index < -0.39 is 23.3 Å². The molecule has 6 nitrogen and oxygen atoms in total. The number of amides is 1. The molecule has 1 amide bonds. The van der Waals surface area contributed by atoms with Crippen LogP contribution in [0.4, 0.5) is 5.69 Å². The monoisotopic (exact) mass is 291 g/mol. The molecule has 0 fully saturated rings. The van der Waals surface area contributed by atoms with E-state index in [0.29, 0.717) is 11.3 Å². The first kappa shape index (κ1) is 15.2. The normalized spacial score (nSPS) is 16.7. The lowest BCUT2D eigenvalue weighted by atomic mass is 10.0. The molecule has 0 bridgehead atoms. The Labute approximate surface area is 122 Å². The fourth-order valence-electron chi connectivity index (χ4n) is 2.41. The average Bonchev–Trinajstić information content (AvgIpc) is 2.67. The molecular weight excluding hydrogens is 274 g/mol. The summed E-state index contributed by atoms with van der Waals surface area (Å²) in [6, 6.07) is 3.35. The van der Waals surface area contributed by atoms with Crippen LogP contribution in [0.25, 0.3) is 0 Å². The summed E-state index contributed by atoms with van der Waals surface area (Å²) in [6.45, 7) is 4.57. The van der Waals surface area contributed by atoms with Crippen LogP contribution < -0.4 is 4.90 Å². The van der Waals surface area contributed by atoms with Gasteiger partial charge in [0, 0.05) is 0 Å². The molecule has 2 rings (SSSR count). The summed E-state index contributed by atoms with van der Waals surface area (Å²) in [6.07, 6.45) is 0. The maximum absolute atomic E-state index is 12.1. The Morgan fingerprint density at radius 3 is 2.52 bits per heavy atom. The van der Waals surface area contributed by atoms with E-state index in [-0.39, 0.29) is 6.54 Å². The van der Waals surface area contributed by atoms with Crippen molar-refractivity contribution in [1.82, 2.24) is 0 Å². The molecule has 1 heterocycles. The summed E-state index contributed by atoms with van der Waals surface area (Å²) in [5.41, 5.74) is 0.548. The van der Waals surface area contributed by atoms with Gasteiger partial charge >= 0.3 is 5.97 Å². The minimum atomic E-state index is -1.89. The van der Waals surface area contributed by atoms with Crippen LogP contribution in [0.15, 0.2) is 12.1 Å². The van der Waals surface area contributed by atoms with Gasteiger partial charge in [-0.2, -0.15) is 0 Å². The third kappa shape index (κ3) is 2.31. The number of hydrogen-bond acceptors (Lipinski definition) is 5. The lowest BCUT2D eigenvalue weighted by molar-refractivity contribution is -0.159. The van der Waals surface area contributed by atoms with Gasteiger partial charge in [0.2, 0.25) is 0 Å². The van der Waals surface area contributed by atoms with Gasteiger partial charge in [-0.3, -0.25) is 9.59 Å². The largest absolute Gasteiger partial charge is 0.467 e. The highest BCUT2D eigenvalue weighted by Gasteiger charge is 2.43. The number of carbonyl (C=O) groups is 3. The number of carbonyl (C=O) groups excluding carboxylic acids is 3. The fourth-order valence-corrected chi connectivity index (χ4v) is 2.41. The van der Waals surface area contributed by atoms with Crippen LogP contribution in [-0.2, 0) is 14.3 Å². The van der Waals surface area contributed by atoms with E-state index in [9.17, 15) is 19.5 Å². The minimum absolute atomic E-state index is 0.295. The molecule has 1 unspecified atom stereocenters. The van der Waals surface area contributed by atoms with Crippen molar-refractivity contribution in [2.45, 2.75) is 26.4 Å². The summed E-state index contributed by atoms with van der Waals surface area (Å²) in [5.74, 6) is -2.24. The molecule has 112 valence electrons. The number of aliphatic hydroxyl groups is 1. The molecular formula is C15H17NO5. The van der Waals surface area contributed by atoms with Crippen molar-refractivity contribution >= 4 is 23.3 Å². The zero-order chi connectivity index (χ0) is 15.9. The maximum Gasteiger partial charge on any atom is 0.339 e. The first-order valence-electron chi connectivity index (χ1n) is 6.48. The molecule has 0 aromatic heterocycles. The van der Waals surface area contributed by atoms with Crippen LogP contribution in [-0.4, -0.2) is 42.0 Å². The van der Waals surface area contributed by atoms with Gasteiger partial charge in [-0.15, -0.1) is 0 Å². The van der Waals surface area contributed by atoms with Crippen LogP contribution in [0.3, 0.4) is 0 Å². The molecule has 1 aromatic carbocycles. The molecule has 0 spiro atoms. The van der Waals surface area contributed by atoms with Gasteiger partial charge < -0.3 is 14.7 Å². The van der Waals surface area contributed by atoms with Gasteiger partial charge in [0.1, 0.15) is 0 Å². The molecule has 0 aliphatic carbocycles. The number of benzene rings is 1. The Balaban J connectivity index is 2.49. The molecule has 1 aromatic rings. The number of hydrogen-bond donors (Lipinski definition) is 1. The van der Waals surface area contributed by atoms with Gasteiger partial charge in [-0.25, -0.2) is 4.79 Å². The van der Waals surface area contributed by atoms with E-state index in [1.807, 2.05) is 6.92 Å². The predicted molar refractivity (Wildman–Crippen MR) is 75.2 cm³/mol. The van der Waals surface area contributed by atoms with E-state index >= 15 is 0 Å². The van der Waals surface area contributed by atoms with Gasteiger partial charge in [0.15, 0.2) is 5.60 Å². The third-order valence-electron chi connectivity index (χ3n) is 3.75. The van der Waals surface area contributed by atoms with Crippen molar-refractivity contribution in [3.05, 3.63) is 28.8 Å². The minimum Gasteiger partial charge on any atom is -0.467 e. The van der Waals surface area contributed by atoms with Crippen LogP contribution in [0, 0.1) is 13.8 Å². The summed E-state index contributed by atoms with van der Waals surface area (Å²) < 4.78 is 4.52. The van der Waals surface area contributed by atoms with Gasteiger partial charge in [-0.05, 0) is 38.0 Å². The summed E-state index contributed by atoms with van der Waals surface area (Å²) in [7, 11) is 1.15. The highest BCUT2D eigenvalue weighted by Crippen LogP contribution is 2.35. The standard InChI is InChI=1S/C15H17NO5/c1-8-5-6-10-11(9(8)2)16(13(18)12(10)17)7-15(3,20)14(19)21-4/h5-6,20H,7H2,1-4H3. The lowest BCUT2D eigenvalue weighted by Gasteiger charge is -2.27. The van der Waals surface area contributed by atoms with Crippen LogP contribution in [0.5, 0.6) is 0 Å². The number of ether oxygens (including phenoxy) is 1. The zero-order valence-electron chi connectivity index (χ0n) is 12.4. The van der Waals surface area contributed by atoms with E-state index in [1.165, 1.54) is 6.92 Å². The Bertz CT molecular complexity index is 648. The Morgan fingerprint density at radius 2 is 1.95 bits per heavy atom. The number of rotatable bonds is 3.